The minimum absolute atomic E-state index is 0.0357. The Hall–Kier alpha value is -6.43. The van der Waals surface area contributed by atoms with E-state index in [0.717, 1.165) is 42.0 Å². The number of hydrogen-bond donors (Lipinski definition) is 1. The van der Waals surface area contributed by atoms with Crippen molar-refractivity contribution in [2.45, 2.75) is 6.42 Å². The van der Waals surface area contributed by atoms with Crippen LogP contribution in [-0.4, -0.2) is 28.0 Å². The highest BCUT2D eigenvalue weighted by Crippen LogP contribution is 2.41. The number of ketones is 1. The van der Waals surface area contributed by atoms with E-state index >= 15 is 0 Å². The summed E-state index contributed by atoms with van der Waals surface area (Å²) in [6.45, 7) is 2.00. The standard InChI is InChI=1S/C46H34N4O/c51-46(33-10-3-1-4-11-33)34-18-16-31(17-19-34)32-20-22-36(23-21-32)50-43-25-24-37(48-27-9-26-47-48)28-39(43)41-30-44-40(29-45(41)50)38-14-7-8-15-42(38)49(44)35-12-5-2-6-13-35/h1-8,10-25,28-30,47H,9,26-27H2. The Morgan fingerprint density at radius 2 is 0.980 bits per heavy atom. The normalized spacial score (nSPS) is 13.2. The van der Waals surface area contributed by atoms with Crippen molar-refractivity contribution in [1.29, 1.82) is 0 Å². The second-order valence-electron chi connectivity index (χ2n) is 13.3. The van der Waals surface area contributed by atoms with Gasteiger partial charge < -0.3 is 14.1 Å². The Kier molecular flexibility index (Phi) is 6.86. The van der Waals surface area contributed by atoms with Crippen LogP contribution in [0.3, 0.4) is 0 Å². The van der Waals surface area contributed by atoms with Crippen LogP contribution in [0.4, 0.5) is 5.69 Å². The van der Waals surface area contributed by atoms with Crippen LogP contribution >= 0.6 is 0 Å². The third kappa shape index (κ3) is 4.85. The van der Waals surface area contributed by atoms with E-state index in [-0.39, 0.29) is 5.78 Å². The van der Waals surface area contributed by atoms with Crippen LogP contribution in [0.5, 0.6) is 0 Å². The van der Waals surface area contributed by atoms with Crippen LogP contribution in [0, 0.1) is 0 Å². The highest BCUT2D eigenvalue weighted by atomic mass is 16.1. The molecule has 9 aromatic rings. The van der Waals surface area contributed by atoms with Crippen molar-refractivity contribution in [2.75, 3.05) is 18.1 Å². The van der Waals surface area contributed by atoms with Gasteiger partial charge in [-0.05, 0) is 78.2 Å². The third-order valence-corrected chi connectivity index (χ3v) is 10.4. The first-order valence-corrected chi connectivity index (χ1v) is 17.6. The molecular formula is C46H34N4O. The summed E-state index contributed by atoms with van der Waals surface area (Å²) in [4.78, 5) is 13.0. The van der Waals surface area contributed by atoms with E-state index in [0.29, 0.717) is 11.1 Å². The van der Waals surface area contributed by atoms with E-state index in [1.807, 2.05) is 54.6 Å². The monoisotopic (exact) mass is 658 g/mol. The molecule has 3 heterocycles. The second-order valence-corrected chi connectivity index (χ2v) is 13.3. The summed E-state index contributed by atoms with van der Waals surface area (Å²) in [5.74, 6) is 0.0357. The predicted octanol–water partition coefficient (Wildman–Crippen LogP) is 10.5. The summed E-state index contributed by atoms with van der Waals surface area (Å²) in [6.07, 6.45) is 1.13. The smallest absolute Gasteiger partial charge is 0.193 e. The van der Waals surface area contributed by atoms with Crippen LogP contribution < -0.4 is 10.4 Å². The van der Waals surface area contributed by atoms with Gasteiger partial charge in [-0.15, -0.1) is 0 Å². The van der Waals surface area contributed by atoms with Crippen LogP contribution in [0.25, 0.3) is 66.1 Å². The molecule has 0 atom stereocenters. The minimum Gasteiger partial charge on any atom is -0.309 e. The molecule has 1 saturated heterocycles. The molecule has 1 aliphatic heterocycles. The fraction of sp³-hybridized carbons (Fsp3) is 0.0652. The van der Waals surface area contributed by atoms with Crippen molar-refractivity contribution in [3.05, 3.63) is 175 Å². The van der Waals surface area contributed by atoms with E-state index in [1.54, 1.807) is 0 Å². The lowest BCUT2D eigenvalue weighted by molar-refractivity contribution is 0.103. The number of rotatable bonds is 6. The molecule has 2 aromatic heterocycles. The fourth-order valence-electron chi connectivity index (χ4n) is 7.89. The average Bonchev–Trinajstić information content (AvgIpc) is 3.93. The lowest BCUT2D eigenvalue weighted by Crippen LogP contribution is -2.30. The molecule has 0 bridgehead atoms. The Morgan fingerprint density at radius 1 is 0.451 bits per heavy atom. The van der Waals surface area contributed by atoms with Crippen molar-refractivity contribution in [2.24, 2.45) is 0 Å². The Labute approximate surface area is 295 Å². The molecule has 0 radical (unpaired) electrons. The molecule has 10 rings (SSSR count). The van der Waals surface area contributed by atoms with Gasteiger partial charge in [-0.2, -0.15) is 0 Å². The molecule has 1 fully saturated rings. The zero-order valence-electron chi connectivity index (χ0n) is 28.0. The van der Waals surface area contributed by atoms with Crippen LogP contribution in [-0.2, 0) is 0 Å². The molecule has 0 amide bonds. The van der Waals surface area contributed by atoms with E-state index < -0.39 is 0 Å². The summed E-state index contributed by atoms with van der Waals surface area (Å²) in [5, 5.41) is 7.19. The van der Waals surface area contributed by atoms with Gasteiger partial charge in [0.25, 0.3) is 0 Å². The largest absolute Gasteiger partial charge is 0.309 e. The van der Waals surface area contributed by atoms with Crippen LogP contribution in [0.1, 0.15) is 22.3 Å². The van der Waals surface area contributed by atoms with Crippen LogP contribution in [0.15, 0.2) is 164 Å². The third-order valence-electron chi connectivity index (χ3n) is 10.4. The maximum absolute atomic E-state index is 13.0. The number of fused-ring (bicyclic) bond motifs is 6. The van der Waals surface area contributed by atoms with Gasteiger partial charge in [-0.3, -0.25) is 4.79 Å². The molecule has 5 heteroatoms. The van der Waals surface area contributed by atoms with Crippen molar-refractivity contribution in [1.82, 2.24) is 14.6 Å². The molecule has 0 unspecified atom stereocenters. The maximum Gasteiger partial charge on any atom is 0.193 e. The molecule has 51 heavy (non-hydrogen) atoms. The number of hydrogen-bond acceptors (Lipinski definition) is 3. The lowest BCUT2D eigenvalue weighted by Gasteiger charge is -2.18. The van der Waals surface area contributed by atoms with Gasteiger partial charge in [0.1, 0.15) is 0 Å². The zero-order valence-corrected chi connectivity index (χ0v) is 28.0. The number of anilines is 1. The first-order valence-electron chi connectivity index (χ1n) is 17.6. The second kappa shape index (κ2) is 11.9. The number of hydrazine groups is 1. The van der Waals surface area contributed by atoms with Gasteiger partial charge in [-0.1, -0.05) is 103 Å². The van der Waals surface area contributed by atoms with Gasteiger partial charge in [-0.25, -0.2) is 5.43 Å². The van der Waals surface area contributed by atoms with E-state index in [2.05, 4.69) is 129 Å². The fourth-order valence-corrected chi connectivity index (χ4v) is 7.89. The summed E-state index contributed by atoms with van der Waals surface area (Å²) >= 11 is 0. The van der Waals surface area contributed by atoms with Gasteiger partial charge in [0.05, 0.1) is 27.8 Å². The highest BCUT2D eigenvalue weighted by Gasteiger charge is 2.20. The molecular weight excluding hydrogens is 625 g/mol. The quantitative estimate of drug-likeness (QED) is 0.181. The number of nitrogens with zero attached hydrogens (tertiary/aromatic N) is 3. The van der Waals surface area contributed by atoms with Crippen molar-refractivity contribution < 1.29 is 4.79 Å². The first kappa shape index (κ1) is 29.5. The van der Waals surface area contributed by atoms with Gasteiger partial charge in [0.15, 0.2) is 5.78 Å². The SMILES string of the molecule is O=C(c1ccccc1)c1ccc(-c2ccc(-n3c4ccc(N5CCCN5)cc4c4cc5c(cc43)c3ccccc3n5-c3ccccc3)cc2)cc1. The predicted molar refractivity (Wildman–Crippen MR) is 210 cm³/mol. The van der Waals surface area contributed by atoms with Gasteiger partial charge in [0, 0.05) is 57.1 Å². The van der Waals surface area contributed by atoms with Crippen molar-refractivity contribution in [3.63, 3.8) is 0 Å². The van der Waals surface area contributed by atoms with Gasteiger partial charge in [0.2, 0.25) is 0 Å². The summed E-state index contributed by atoms with van der Waals surface area (Å²) < 4.78 is 4.80. The number of carbonyl (C=O) groups is 1. The molecule has 0 saturated carbocycles. The first-order chi connectivity index (χ1) is 25.2. The number of benzene rings is 7. The number of para-hydroxylation sites is 2. The Morgan fingerprint density at radius 3 is 1.67 bits per heavy atom. The molecule has 0 spiro atoms. The lowest BCUT2D eigenvalue weighted by atomic mass is 9.99. The summed E-state index contributed by atoms with van der Waals surface area (Å²) in [5.41, 5.74) is 15.3. The van der Waals surface area contributed by atoms with E-state index in [4.69, 9.17) is 0 Å². The Balaban J connectivity index is 1.13. The molecule has 1 aliphatic rings. The van der Waals surface area contributed by atoms with Crippen LogP contribution in [0.2, 0.25) is 0 Å². The number of carbonyl (C=O) groups excluding carboxylic acids is 1. The Bertz CT molecular complexity index is 2740. The summed E-state index contributed by atoms with van der Waals surface area (Å²) in [6, 6.07) is 57.2. The average molecular weight is 659 g/mol. The molecule has 7 aromatic carbocycles. The van der Waals surface area contributed by atoms with Crippen molar-refractivity contribution in [3.8, 4) is 22.5 Å². The zero-order chi connectivity index (χ0) is 33.9. The maximum atomic E-state index is 13.0. The molecule has 5 nitrogen and oxygen atoms in total. The summed E-state index contributed by atoms with van der Waals surface area (Å²) in [7, 11) is 0. The highest BCUT2D eigenvalue weighted by molar-refractivity contribution is 6.19. The van der Waals surface area contributed by atoms with E-state index in [1.165, 1.54) is 49.3 Å². The molecule has 244 valence electrons. The topological polar surface area (TPSA) is 42.2 Å². The van der Waals surface area contributed by atoms with Crippen molar-refractivity contribution >= 4 is 55.1 Å². The molecule has 0 aliphatic carbocycles. The minimum atomic E-state index is 0.0357. The number of nitrogens with one attached hydrogen (secondary N) is 1. The number of aromatic nitrogens is 2. The van der Waals surface area contributed by atoms with Gasteiger partial charge >= 0.3 is 0 Å². The van der Waals surface area contributed by atoms with E-state index in [9.17, 15) is 4.79 Å². The molecule has 1 N–H and O–H groups in total.